The molecule has 0 radical (unpaired) electrons. The second-order valence-electron chi connectivity index (χ2n) is 25.8. The maximum atomic E-state index is 14.7. The van der Waals surface area contributed by atoms with Gasteiger partial charge in [-0.05, 0) is 186 Å². The van der Waals surface area contributed by atoms with Crippen LogP contribution in [0.1, 0.15) is 29.2 Å². The topological polar surface area (TPSA) is 212 Å². The molecule has 0 unspecified atom stereocenters. The van der Waals surface area contributed by atoms with E-state index in [9.17, 15) is 41.3 Å². The Kier molecular flexibility index (Phi) is 20.6. The van der Waals surface area contributed by atoms with E-state index < -0.39 is 39.8 Å². The molecule has 0 spiro atoms. The molecule has 9 heterocycles. The largest absolute Gasteiger partial charge is 0.399 e. The van der Waals surface area contributed by atoms with Gasteiger partial charge >= 0.3 is 0 Å². The summed E-state index contributed by atoms with van der Waals surface area (Å²) in [6, 6.07) is 56.2. The summed E-state index contributed by atoms with van der Waals surface area (Å²) in [4.78, 5) is 70.3. The number of carbonyl (C=O) groups is 1. The number of nitrogens with zero attached hydrogens (tertiary/aromatic N) is 13. The van der Waals surface area contributed by atoms with Crippen LogP contribution in [0.2, 0.25) is 0 Å². The molecule has 3 aliphatic heterocycles. The third-order valence-corrected chi connectivity index (χ3v) is 19.0. The van der Waals surface area contributed by atoms with Gasteiger partial charge in [0.15, 0.2) is 52.4 Å². The first kappa shape index (κ1) is 72.9. The summed E-state index contributed by atoms with van der Waals surface area (Å²) in [6.45, 7) is 3.55. The van der Waals surface area contributed by atoms with Crippen LogP contribution in [-0.2, 0) is 50.9 Å². The third-order valence-electron chi connectivity index (χ3n) is 19.0. The number of nitro groups is 1. The second kappa shape index (κ2) is 30.8. The molecule has 0 aliphatic carbocycles. The number of halogens is 6. The quantitative estimate of drug-likeness (QED) is 0.0301. The van der Waals surface area contributed by atoms with Crippen LogP contribution >= 0.6 is 0 Å². The van der Waals surface area contributed by atoms with Gasteiger partial charge < -0.3 is 27.9 Å². The van der Waals surface area contributed by atoms with Crippen LogP contribution < -0.4 is 20.4 Å². The molecule has 18 rings (SSSR count). The summed E-state index contributed by atoms with van der Waals surface area (Å²) in [7, 11) is 0. The van der Waals surface area contributed by atoms with Crippen molar-refractivity contribution in [3.8, 4) is 67.5 Å². The first-order valence-electron chi connectivity index (χ1n) is 34.1. The number of rotatable bonds is 12. The van der Waals surface area contributed by atoms with Gasteiger partial charge in [0, 0.05) is 168 Å². The Morgan fingerprint density at radius 2 is 0.798 bits per heavy atom. The molecule has 0 atom stereocenters. The first-order chi connectivity index (χ1) is 52.0. The number of fused-ring (bicyclic) bond motifs is 6. The fourth-order valence-electron chi connectivity index (χ4n) is 13.9. The number of hydrogen-bond donors (Lipinski definition) is 1. The predicted octanol–water partition coefficient (Wildman–Crippen LogP) is 19.1. The Hall–Kier alpha value is -13.0. The van der Waals surface area contributed by atoms with E-state index in [0.29, 0.717) is 105 Å². The van der Waals surface area contributed by atoms with Crippen molar-refractivity contribution in [2.24, 2.45) is 0 Å². The van der Waals surface area contributed by atoms with Gasteiger partial charge in [0.1, 0.15) is 23.2 Å². The zero-order chi connectivity index (χ0) is 73.6. The van der Waals surface area contributed by atoms with Crippen LogP contribution in [-0.4, -0.2) is 75.2 Å². The molecule has 3 aliphatic rings. The zero-order valence-electron chi connectivity index (χ0n) is 58.2. The molecule has 6 aromatic heterocycles. The Labute approximate surface area is 634 Å². The number of nitrogens with two attached hydrogens (primary N) is 1. The van der Waals surface area contributed by atoms with Gasteiger partial charge in [-0.25, -0.2) is 56.2 Å². The van der Waals surface area contributed by atoms with E-state index in [1.54, 1.807) is 105 Å². The molecular weight excluding hydrogens is 1490 g/mol. The number of anilines is 7. The molecule has 0 saturated heterocycles. The van der Waals surface area contributed by atoms with E-state index in [1.807, 2.05) is 89.8 Å². The zero-order valence-corrected chi connectivity index (χ0v) is 59.7. The molecule has 0 saturated carbocycles. The summed E-state index contributed by atoms with van der Waals surface area (Å²) < 4.78 is 85.7. The molecule has 542 valence electrons. The van der Waals surface area contributed by atoms with Crippen LogP contribution in [0.4, 0.5) is 72.2 Å². The minimum Gasteiger partial charge on any atom is -0.399 e. The number of aromatic nitrogens is 9. The number of ketones is 1. The van der Waals surface area contributed by atoms with E-state index in [1.165, 1.54) is 30.3 Å². The van der Waals surface area contributed by atoms with E-state index >= 15 is 0 Å². The van der Waals surface area contributed by atoms with Crippen molar-refractivity contribution in [2.45, 2.75) is 32.6 Å². The Bertz CT molecular complexity index is 6060. The van der Waals surface area contributed by atoms with Crippen LogP contribution in [0.15, 0.2) is 237 Å². The number of nitro benzene ring substituents is 1. The van der Waals surface area contributed by atoms with Gasteiger partial charge in [-0.2, -0.15) is 0 Å². The normalized spacial score (nSPS) is 12.5. The van der Waals surface area contributed by atoms with Gasteiger partial charge in [-0.1, -0.05) is 66.7 Å². The summed E-state index contributed by atoms with van der Waals surface area (Å²) in [5.74, 6) is -1.78. The Balaban J connectivity index is 0.000000135. The molecule has 0 fully saturated rings. The molecule has 17 nitrogen and oxygen atoms in total. The fourth-order valence-corrected chi connectivity index (χ4v) is 13.9. The van der Waals surface area contributed by atoms with Crippen molar-refractivity contribution in [2.75, 3.05) is 40.1 Å². The summed E-state index contributed by atoms with van der Waals surface area (Å²) in [6.07, 6.45) is 12.8. The molecular formula is C85H61F6N14O3Pd-. The monoisotopic (exact) mass is 1550 g/mol. The molecule has 2 N–H and O–H groups in total. The minimum atomic E-state index is -0.926. The number of pyridine rings is 3. The van der Waals surface area contributed by atoms with Crippen molar-refractivity contribution >= 4 is 84.4 Å². The number of nitrogen functional groups attached to an aromatic ring is 1. The number of Topliss-reactive ketones (excluding diaryl/α,β-unsaturated/α-hetero) is 1. The van der Waals surface area contributed by atoms with Gasteiger partial charge in [-0.3, -0.25) is 29.9 Å². The molecule has 24 heteroatoms. The predicted molar refractivity (Wildman–Crippen MR) is 408 cm³/mol. The minimum absolute atomic E-state index is 0. The summed E-state index contributed by atoms with van der Waals surface area (Å²) in [5.41, 5.74) is 20.1. The van der Waals surface area contributed by atoms with E-state index in [4.69, 9.17) is 35.6 Å². The van der Waals surface area contributed by atoms with Crippen LogP contribution in [0, 0.1) is 52.4 Å². The van der Waals surface area contributed by atoms with Crippen LogP contribution in [0.5, 0.6) is 0 Å². The third kappa shape index (κ3) is 14.5. The smallest absolute Gasteiger partial charge is 0.269 e. The standard InChI is InChI=1S/C30H22F2N4O.C27H17F2N5O2.C27H19F2N5.CH3.Pd/c1-18(37)14-19-7-10-27-21(15-19)11-13-36(27)30-24-16-20(23-5-2-6-25(31)28(23)32)8-9-26(24)34-29(35-30)22-4-3-12-33-17-22;28-22-5-1-4-20(25(22)29)16-6-8-23-21(14-16)27(32-26(31-23)18-3-2-11-30-15-18)33-12-10-17-13-19(34(35)36)7-9-24(17)33;28-22-5-1-4-20(25(22)29)16-6-8-23-21(14-16)27(33-26(32-23)18-3-2-11-31-15-18)34-12-10-17-13-19(30)7-9-24(17)34;;/h2-10,12,15-17H,11,13-14H2,1H3;1-9,11,13-15H,10,12H2;1-9,11,13-15H,10,12,30H2;1H3;/q;;;-1;. The average Bonchev–Trinajstić information content (AvgIpc) is 1.76. The van der Waals surface area contributed by atoms with E-state index in [0.717, 1.165) is 104 Å². The maximum absolute atomic E-state index is 14.7. The maximum Gasteiger partial charge on any atom is 0.269 e. The second-order valence-corrected chi connectivity index (χ2v) is 25.8. The number of hydrogen-bond acceptors (Lipinski definition) is 16. The van der Waals surface area contributed by atoms with E-state index in [2.05, 4.69) is 30.8 Å². The number of carbonyl (C=O) groups excluding carboxylic acids is 1. The van der Waals surface area contributed by atoms with Gasteiger partial charge in [0.05, 0.1) is 21.5 Å². The Morgan fingerprint density at radius 1 is 0.431 bits per heavy atom. The van der Waals surface area contributed by atoms with Gasteiger partial charge in [-0.15, -0.1) is 0 Å². The number of benzene rings is 9. The molecule has 0 amide bonds. The van der Waals surface area contributed by atoms with Gasteiger partial charge in [0.2, 0.25) is 0 Å². The van der Waals surface area contributed by atoms with Crippen molar-refractivity contribution in [1.29, 1.82) is 0 Å². The molecule has 9 aromatic carbocycles. The molecule has 15 aromatic rings. The van der Waals surface area contributed by atoms with Crippen molar-refractivity contribution < 1.29 is 56.5 Å². The summed E-state index contributed by atoms with van der Waals surface area (Å²) in [5, 5.41) is 13.4. The summed E-state index contributed by atoms with van der Waals surface area (Å²) >= 11 is 0. The van der Waals surface area contributed by atoms with Crippen molar-refractivity contribution in [3.05, 3.63) is 312 Å². The molecule has 0 bridgehead atoms. The Morgan fingerprint density at radius 3 is 1.17 bits per heavy atom. The molecule has 109 heavy (non-hydrogen) atoms. The van der Waals surface area contributed by atoms with E-state index in [-0.39, 0.29) is 56.0 Å². The fraction of sp³-hybridized carbons (Fsp3) is 0.0941. The van der Waals surface area contributed by atoms with Crippen molar-refractivity contribution in [1.82, 2.24) is 44.9 Å². The number of non-ortho nitro benzene ring substituents is 1. The first-order valence-corrected chi connectivity index (χ1v) is 34.1. The van der Waals surface area contributed by atoms with Crippen molar-refractivity contribution in [3.63, 3.8) is 0 Å². The van der Waals surface area contributed by atoms with Crippen LogP contribution in [0.3, 0.4) is 0 Å². The van der Waals surface area contributed by atoms with Gasteiger partial charge in [0.25, 0.3) is 5.69 Å². The SMILES string of the molecule is CC(=O)Cc1ccc2c(c1)CCN2c1nc(-c2cccnc2)nc2ccc(-c3cccc(F)c3F)cc12.Nc1ccc2c(c1)CCN2c1nc(-c2cccnc2)nc2ccc(-c3cccc(F)c3F)cc12.O=[N+]([O-])c1ccc2c(c1)CCN2c1nc(-c2cccnc2)nc2ccc(-c3cccc(F)c3F)cc12.[CH3-].[Pd]. The van der Waals surface area contributed by atoms with Crippen LogP contribution in [0.25, 0.3) is 100 Å². The average molecular weight is 1550 g/mol.